The minimum atomic E-state index is -0.911. The van der Waals surface area contributed by atoms with Gasteiger partial charge in [-0.25, -0.2) is 4.39 Å². The third-order valence-corrected chi connectivity index (χ3v) is 2.03. The molecule has 11 heavy (non-hydrogen) atoms. The summed E-state index contributed by atoms with van der Waals surface area (Å²) < 4.78 is 14.8. The van der Waals surface area contributed by atoms with Crippen molar-refractivity contribution in [2.45, 2.75) is 25.6 Å². The van der Waals surface area contributed by atoms with Gasteiger partial charge >= 0.3 is 0 Å². The van der Waals surface area contributed by atoms with Crippen molar-refractivity contribution < 1.29 is 4.39 Å². The molecule has 1 aromatic heterocycles. The molecule has 1 aliphatic heterocycles. The second-order valence-corrected chi connectivity index (χ2v) is 2.82. The lowest BCUT2D eigenvalue weighted by Gasteiger charge is -2.17. The number of nitrogens with two attached hydrogens (primary N) is 1. The number of anilines is 1. The molecular formula is C7H10FN3. The summed E-state index contributed by atoms with van der Waals surface area (Å²) in [5, 5.41) is 3.96. The van der Waals surface area contributed by atoms with E-state index in [0.29, 0.717) is 17.8 Å². The Morgan fingerprint density at radius 2 is 2.55 bits per heavy atom. The highest BCUT2D eigenvalue weighted by atomic mass is 19.1. The standard InChI is InChI=1S/C7H10FN3/c8-5-2-1-3-11-7(5)6(9)4-10-11/h4-5H,1-3,9H2. The van der Waals surface area contributed by atoms with E-state index in [1.165, 1.54) is 6.20 Å². The van der Waals surface area contributed by atoms with Crippen molar-refractivity contribution in [3.8, 4) is 0 Å². The largest absolute Gasteiger partial charge is 0.396 e. The SMILES string of the molecule is Nc1cnn2c1C(F)CCC2. The molecular weight excluding hydrogens is 145 g/mol. The number of hydrogen-bond acceptors (Lipinski definition) is 2. The van der Waals surface area contributed by atoms with Gasteiger partial charge in [0.05, 0.1) is 17.6 Å². The van der Waals surface area contributed by atoms with Crippen LogP contribution in [0.1, 0.15) is 24.7 Å². The highest BCUT2D eigenvalue weighted by Crippen LogP contribution is 2.31. The summed E-state index contributed by atoms with van der Waals surface area (Å²) in [5.74, 6) is 0. The maximum Gasteiger partial charge on any atom is 0.144 e. The van der Waals surface area contributed by atoms with Gasteiger partial charge in [-0.05, 0) is 12.8 Å². The third-order valence-electron chi connectivity index (χ3n) is 2.03. The molecule has 2 heterocycles. The molecule has 0 radical (unpaired) electrons. The van der Waals surface area contributed by atoms with Crippen molar-refractivity contribution in [2.24, 2.45) is 0 Å². The van der Waals surface area contributed by atoms with Crippen LogP contribution in [0.15, 0.2) is 6.20 Å². The van der Waals surface area contributed by atoms with Crippen LogP contribution in [-0.4, -0.2) is 9.78 Å². The fraction of sp³-hybridized carbons (Fsp3) is 0.571. The quantitative estimate of drug-likeness (QED) is 0.613. The van der Waals surface area contributed by atoms with Crippen molar-refractivity contribution >= 4 is 5.69 Å². The average molecular weight is 155 g/mol. The lowest BCUT2D eigenvalue weighted by atomic mass is 10.1. The van der Waals surface area contributed by atoms with E-state index in [-0.39, 0.29) is 0 Å². The van der Waals surface area contributed by atoms with Gasteiger partial charge in [0.1, 0.15) is 6.17 Å². The molecule has 2 rings (SSSR count). The number of alkyl halides is 1. The summed E-state index contributed by atoms with van der Waals surface area (Å²) in [5.41, 5.74) is 6.58. The molecule has 0 saturated heterocycles. The van der Waals surface area contributed by atoms with Gasteiger partial charge in [0.2, 0.25) is 0 Å². The highest BCUT2D eigenvalue weighted by Gasteiger charge is 2.22. The molecule has 60 valence electrons. The average Bonchev–Trinajstić information content (AvgIpc) is 2.34. The van der Waals surface area contributed by atoms with E-state index in [1.807, 2.05) is 0 Å². The molecule has 0 aromatic carbocycles. The van der Waals surface area contributed by atoms with Crippen molar-refractivity contribution in [3.63, 3.8) is 0 Å². The van der Waals surface area contributed by atoms with Gasteiger partial charge in [-0.1, -0.05) is 0 Å². The van der Waals surface area contributed by atoms with Gasteiger partial charge in [0.25, 0.3) is 0 Å². The first-order valence-corrected chi connectivity index (χ1v) is 3.74. The molecule has 0 spiro atoms. The second kappa shape index (κ2) is 2.22. The predicted molar refractivity (Wildman–Crippen MR) is 39.7 cm³/mol. The van der Waals surface area contributed by atoms with Gasteiger partial charge in [-0.3, -0.25) is 4.68 Å². The minimum absolute atomic E-state index is 0.484. The molecule has 3 nitrogen and oxygen atoms in total. The number of nitrogens with zero attached hydrogens (tertiary/aromatic N) is 2. The molecule has 4 heteroatoms. The van der Waals surface area contributed by atoms with Crippen LogP contribution in [0, 0.1) is 0 Å². The molecule has 0 fully saturated rings. The Bertz CT molecular complexity index is 269. The molecule has 2 N–H and O–H groups in total. The molecule has 0 bridgehead atoms. The minimum Gasteiger partial charge on any atom is -0.396 e. The second-order valence-electron chi connectivity index (χ2n) is 2.82. The van der Waals surface area contributed by atoms with Crippen molar-refractivity contribution in [2.75, 3.05) is 5.73 Å². The maximum absolute atomic E-state index is 13.1. The van der Waals surface area contributed by atoms with Crippen LogP contribution in [0.2, 0.25) is 0 Å². The first kappa shape index (κ1) is 6.64. The molecule has 0 saturated carbocycles. The Balaban J connectivity index is 2.48. The molecule has 0 amide bonds. The van der Waals surface area contributed by atoms with E-state index in [2.05, 4.69) is 5.10 Å². The van der Waals surface area contributed by atoms with Crippen molar-refractivity contribution in [3.05, 3.63) is 11.9 Å². The van der Waals surface area contributed by atoms with Crippen LogP contribution in [0.5, 0.6) is 0 Å². The number of aromatic nitrogens is 2. The Hall–Kier alpha value is -1.06. The number of fused-ring (bicyclic) bond motifs is 1. The van der Waals surface area contributed by atoms with Gasteiger partial charge < -0.3 is 5.73 Å². The zero-order chi connectivity index (χ0) is 7.84. The Morgan fingerprint density at radius 1 is 1.73 bits per heavy atom. The van der Waals surface area contributed by atoms with E-state index in [0.717, 1.165) is 13.0 Å². The van der Waals surface area contributed by atoms with E-state index in [1.54, 1.807) is 4.68 Å². The van der Waals surface area contributed by atoms with Gasteiger partial charge in [-0.2, -0.15) is 5.10 Å². The van der Waals surface area contributed by atoms with Crippen LogP contribution in [0.4, 0.5) is 10.1 Å². The highest BCUT2D eigenvalue weighted by molar-refractivity contribution is 5.42. The number of hydrogen-bond donors (Lipinski definition) is 1. The number of halogens is 1. The van der Waals surface area contributed by atoms with Crippen LogP contribution in [0.3, 0.4) is 0 Å². The summed E-state index contributed by atoms with van der Waals surface area (Å²) in [6.45, 7) is 0.799. The monoisotopic (exact) mass is 155 g/mol. The summed E-state index contributed by atoms with van der Waals surface area (Å²) in [6, 6.07) is 0. The van der Waals surface area contributed by atoms with E-state index >= 15 is 0 Å². The fourth-order valence-corrected chi connectivity index (χ4v) is 1.49. The molecule has 0 aliphatic carbocycles. The van der Waals surface area contributed by atoms with E-state index in [4.69, 9.17) is 5.73 Å². The number of nitrogen functional groups attached to an aromatic ring is 1. The van der Waals surface area contributed by atoms with Crippen LogP contribution in [0.25, 0.3) is 0 Å². The number of aryl methyl sites for hydroxylation is 1. The molecule has 1 unspecified atom stereocenters. The van der Waals surface area contributed by atoms with Gasteiger partial charge in [-0.15, -0.1) is 0 Å². The van der Waals surface area contributed by atoms with Crippen LogP contribution >= 0.6 is 0 Å². The van der Waals surface area contributed by atoms with Gasteiger partial charge in [0, 0.05) is 6.54 Å². The fourth-order valence-electron chi connectivity index (χ4n) is 1.49. The van der Waals surface area contributed by atoms with Crippen LogP contribution in [-0.2, 0) is 6.54 Å². The van der Waals surface area contributed by atoms with Crippen molar-refractivity contribution in [1.29, 1.82) is 0 Å². The van der Waals surface area contributed by atoms with E-state index in [9.17, 15) is 4.39 Å². The maximum atomic E-state index is 13.1. The van der Waals surface area contributed by atoms with Crippen molar-refractivity contribution in [1.82, 2.24) is 9.78 Å². The lowest BCUT2D eigenvalue weighted by molar-refractivity contribution is 0.260. The molecule has 1 aromatic rings. The molecule has 1 atom stereocenters. The first-order chi connectivity index (χ1) is 5.29. The van der Waals surface area contributed by atoms with Gasteiger partial charge in [0.15, 0.2) is 0 Å². The zero-order valence-corrected chi connectivity index (χ0v) is 6.13. The smallest absolute Gasteiger partial charge is 0.144 e. The summed E-state index contributed by atoms with van der Waals surface area (Å²) in [6.07, 6.45) is 2.05. The third kappa shape index (κ3) is 0.895. The van der Waals surface area contributed by atoms with E-state index < -0.39 is 6.17 Å². The number of rotatable bonds is 0. The Labute approximate surface area is 64.0 Å². The predicted octanol–water partition coefficient (Wildman–Crippen LogP) is 1.27. The first-order valence-electron chi connectivity index (χ1n) is 3.74. The summed E-state index contributed by atoms with van der Waals surface area (Å²) >= 11 is 0. The summed E-state index contributed by atoms with van der Waals surface area (Å²) in [7, 11) is 0. The topological polar surface area (TPSA) is 43.8 Å². The lowest BCUT2D eigenvalue weighted by Crippen LogP contribution is -2.14. The Morgan fingerprint density at radius 3 is 3.27 bits per heavy atom. The Kier molecular flexibility index (Phi) is 1.34. The van der Waals surface area contributed by atoms with Crippen LogP contribution < -0.4 is 5.73 Å². The normalized spacial score (nSPS) is 23.2. The summed E-state index contributed by atoms with van der Waals surface area (Å²) in [4.78, 5) is 0. The molecule has 1 aliphatic rings. The zero-order valence-electron chi connectivity index (χ0n) is 6.13.